The molecule has 0 aromatic rings. The van der Waals surface area contributed by atoms with Crippen molar-refractivity contribution in [3.8, 4) is 0 Å². The number of likely N-dealkylation sites (tertiary alicyclic amines) is 1. The maximum Gasteiger partial charge on any atom is 0.0195 e. The number of piperidine rings is 1. The smallest absolute Gasteiger partial charge is 0.0195 e. The first-order valence-corrected chi connectivity index (χ1v) is 8.03. The summed E-state index contributed by atoms with van der Waals surface area (Å²) >= 11 is 0. The van der Waals surface area contributed by atoms with Crippen molar-refractivity contribution in [1.82, 2.24) is 15.1 Å². The van der Waals surface area contributed by atoms with E-state index in [1.165, 1.54) is 71.4 Å². The molecular formula is C15H31N3. The molecule has 1 aliphatic carbocycles. The topological polar surface area (TPSA) is 18.5 Å². The van der Waals surface area contributed by atoms with Gasteiger partial charge in [0.1, 0.15) is 0 Å². The molecule has 0 bridgehead atoms. The molecular weight excluding hydrogens is 222 g/mol. The third-order valence-corrected chi connectivity index (χ3v) is 4.36. The van der Waals surface area contributed by atoms with Crippen molar-refractivity contribution in [2.45, 2.75) is 58.0 Å². The zero-order chi connectivity index (χ0) is 12.8. The number of hydrogen-bond donors (Lipinski definition) is 1. The van der Waals surface area contributed by atoms with Crippen molar-refractivity contribution >= 4 is 0 Å². The van der Waals surface area contributed by atoms with Gasteiger partial charge < -0.3 is 10.2 Å². The Balaban J connectivity index is 1.65. The van der Waals surface area contributed by atoms with Crippen molar-refractivity contribution in [1.29, 1.82) is 0 Å². The molecule has 2 fully saturated rings. The molecule has 2 aliphatic rings. The van der Waals surface area contributed by atoms with Crippen LogP contribution in [-0.4, -0.2) is 61.2 Å². The fraction of sp³-hybridized carbons (Fsp3) is 1.00. The van der Waals surface area contributed by atoms with Crippen LogP contribution in [-0.2, 0) is 0 Å². The van der Waals surface area contributed by atoms with Gasteiger partial charge in [-0.3, -0.25) is 4.90 Å². The molecule has 0 aromatic heterocycles. The Morgan fingerprint density at radius 3 is 2.72 bits per heavy atom. The van der Waals surface area contributed by atoms with Gasteiger partial charge in [0, 0.05) is 31.7 Å². The monoisotopic (exact) mass is 253 g/mol. The van der Waals surface area contributed by atoms with Crippen LogP contribution in [0.1, 0.15) is 46.0 Å². The molecule has 2 rings (SSSR count). The van der Waals surface area contributed by atoms with Gasteiger partial charge in [-0.05, 0) is 51.7 Å². The summed E-state index contributed by atoms with van der Waals surface area (Å²) in [6.45, 7) is 12.1. The highest BCUT2D eigenvalue weighted by molar-refractivity contribution is 4.85. The van der Waals surface area contributed by atoms with E-state index in [0.717, 1.165) is 12.1 Å². The van der Waals surface area contributed by atoms with Crippen molar-refractivity contribution in [3.63, 3.8) is 0 Å². The number of likely N-dealkylation sites (N-methyl/N-ethyl adjacent to an activating group) is 1. The quantitative estimate of drug-likeness (QED) is 0.713. The van der Waals surface area contributed by atoms with Gasteiger partial charge >= 0.3 is 0 Å². The summed E-state index contributed by atoms with van der Waals surface area (Å²) in [4.78, 5) is 5.34. The van der Waals surface area contributed by atoms with E-state index in [9.17, 15) is 0 Å². The summed E-state index contributed by atoms with van der Waals surface area (Å²) in [6.07, 6.45) is 6.87. The Labute approximate surface area is 113 Å². The van der Waals surface area contributed by atoms with Gasteiger partial charge in [0.15, 0.2) is 0 Å². The second kappa shape index (κ2) is 7.46. The van der Waals surface area contributed by atoms with E-state index in [0.29, 0.717) is 0 Å². The van der Waals surface area contributed by atoms with Crippen LogP contribution in [0.15, 0.2) is 0 Å². The van der Waals surface area contributed by atoms with E-state index in [1.807, 2.05) is 0 Å². The Bertz CT molecular complexity index is 228. The van der Waals surface area contributed by atoms with E-state index in [2.05, 4.69) is 29.0 Å². The molecule has 1 saturated heterocycles. The molecule has 0 radical (unpaired) electrons. The lowest BCUT2D eigenvalue weighted by Gasteiger charge is -2.34. The Morgan fingerprint density at radius 1 is 1.22 bits per heavy atom. The van der Waals surface area contributed by atoms with E-state index < -0.39 is 0 Å². The highest BCUT2D eigenvalue weighted by Crippen LogP contribution is 2.26. The summed E-state index contributed by atoms with van der Waals surface area (Å²) in [5.41, 5.74) is 0. The van der Waals surface area contributed by atoms with Crippen LogP contribution < -0.4 is 5.32 Å². The summed E-state index contributed by atoms with van der Waals surface area (Å²) in [5, 5.41) is 3.68. The summed E-state index contributed by atoms with van der Waals surface area (Å²) in [7, 11) is 0. The van der Waals surface area contributed by atoms with Gasteiger partial charge in [-0.15, -0.1) is 0 Å². The molecule has 1 aliphatic heterocycles. The third-order valence-electron chi connectivity index (χ3n) is 4.36. The molecule has 3 nitrogen and oxygen atoms in total. The van der Waals surface area contributed by atoms with Crippen molar-refractivity contribution in [2.24, 2.45) is 0 Å². The molecule has 0 aromatic carbocycles. The predicted molar refractivity (Wildman–Crippen MR) is 78.0 cm³/mol. The Hall–Kier alpha value is -0.120. The van der Waals surface area contributed by atoms with Gasteiger partial charge in [-0.25, -0.2) is 0 Å². The fourth-order valence-electron chi connectivity index (χ4n) is 3.08. The Kier molecular flexibility index (Phi) is 5.93. The molecule has 0 spiro atoms. The molecule has 18 heavy (non-hydrogen) atoms. The van der Waals surface area contributed by atoms with Crippen molar-refractivity contribution in [2.75, 3.05) is 39.3 Å². The molecule has 106 valence electrons. The molecule has 1 saturated carbocycles. The zero-order valence-corrected chi connectivity index (χ0v) is 12.3. The SMILES string of the molecule is CCCNC1CCCN(CCN(CC)C2CC2)C1. The Morgan fingerprint density at radius 2 is 2.06 bits per heavy atom. The highest BCUT2D eigenvalue weighted by atomic mass is 15.2. The van der Waals surface area contributed by atoms with Gasteiger partial charge in [-0.1, -0.05) is 13.8 Å². The lowest BCUT2D eigenvalue weighted by molar-refractivity contribution is 0.159. The second-order valence-corrected chi connectivity index (χ2v) is 5.95. The van der Waals surface area contributed by atoms with Crippen LogP contribution in [0.2, 0.25) is 0 Å². The normalized spacial score (nSPS) is 25.8. The summed E-state index contributed by atoms with van der Waals surface area (Å²) in [6, 6.07) is 1.67. The minimum atomic E-state index is 0.745. The predicted octanol–water partition coefficient (Wildman–Crippen LogP) is 1.93. The maximum absolute atomic E-state index is 3.68. The summed E-state index contributed by atoms with van der Waals surface area (Å²) in [5.74, 6) is 0. The molecule has 1 atom stereocenters. The lowest BCUT2D eigenvalue weighted by Crippen LogP contribution is -2.48. The minimum absolute atomic E-state index is 0.745. The number of hydrogen-bond acceptors (Lipinski definition) is 3. The molecule has 1 unspecified atom stereocenters. The lowest BCUT2D eigenvalue weighted by atomic mass is 10.1. The van der Waals surface area contributed by atoms with E-state index in [-0.39, 0.29) is 0 Å². The van der Waals surface area contributed by atoms with E-state index >= 15 is 0 Å². The largest absolute Gasteiger partial charge is 0.313 e. The first kappa shape index (κ1) is 14.3. The van der Waals surface area contributed by atoms with E-state index in [4.69, 9.17) is 0 Å². The fourth-order valence-corrected chi connectivity index (χ4v) is 3.08. The third kappa shape index (κ3) is 4.52. The number of nitrogens with zero attached hydrogens (tertiary/aromatic N) is 2. The number of nitrogens with one attached hydrogen (secondary N) is 1. The van der Waals surface area contributed by atoms with Crippen LogP contribution in [0.3, 0.4) is 0 Å². The standard InChI is InChI=1S/C15H31N3/c1-3-9-16-14-6-5-10-17(13-14)11-12-18(4-2)15-7-8-15/h14-16H,3-13H2,1-2H3. The van der Waals surface area contributed by atoms with Crippen LogP contribution >= 0.6 is 0 Å². The van der Waals surface area contributed by atoms with Gasteiger partial charge in [-0.2, -0.15) is 0 Å². The first-order valence-electron chi connectivity index (χ1n) is 8.03. The first-order chi connectivity index (χ1) is 8.83. The molecule has 0 amide bonds. The van der Waals surface area contributed by atoms with Crippen LogP contribution in [0.25, 0.3) is 0 Å². The molecule has 3 heteroatoms. The van der Waals surface area contributed by atoms with Crippen LogP contribution in [0.5, 0.6) is 0 Å². The number of rotatable bonds is 8. The molecule has 1 N–H and O–H groups in total. The average molecular weight is 253 g/mol. The summed E-state index contributed by atoms with van der Waals surface area (Å²) < 4.78 is 0. The van der Waals surface area contributed by atoms with Crippen LogP contribution in [0.4, 0.5) is 0 Å². The maximum atomic E-state index is 3.68. The second-order valence-electron chi connectivity index (χ2n) is 5.95. The molecule has 1 heterocycles. The van der Waals surface area contributed by atoms with Crippen LogP contribution in [0, 0.1) is 0 Å². The average Bonchev–Trinajstić information content (AvgIpc) is 3.22. The van der Waals surface area contributed by atoms with Gasteiger partial charge in [0.25, 0.3) is 0 Å². The minimum Gasteiger partial charge on any atom is -0.313 e. The van der Waals surface area contributed by atoms with E-state index in [1.54, 1.807) is 0 Å². The van der Waals surface area contributed by atoms with Crippen molar-refractivity contribution < 1.29 is 0 Å². The van der Waals surface area contributed by atoms with Crippen molar-refractivity contribution in [3.05, 3.63) is 0 Å². The zero-order valence-electron chi connectivity index (χ0n) is 12.3. The highest BCUT2D eigenvalue weighted by Gasteiger charge is 2.28. The van der Waals surface area contributed by atoms with Gasteiger partial charge in [0.05, 0.1) is 0 Å². The van der Waals surface area contributed by atoms with Gasteiger partial charge in [0.2, 0.25) is 0 Å².